The van der Waals surface area contributed by atoms with Gasteiger partial charge in [-0.25, -0.2) is 9.78 Å². The number of nitrogens with zero attached hydrogens (tertiary/aromatic N) is 6. The van der Waals surface area contributed by atoms with Crippen LogP contribution in [0.25, 0.3) is 5.65 Å². The lowest BCUT2D eigenvalue weighted by Crippen LogP contribution is -2.53. The monoisotopic (exact) mass is 615 g/mol. The van der Waals surface area contributed by atoms with E-state index in [9.17, 15) is 38.4 Å². The first-order valence-electron chi connectivity index (χ1n) is 14.0. The number of pyridine rings is 1. The fourth-order valence-corrected chi connectivity index (χ4v) is 5.70. The molecule has 1 saturated heterocycles. The van der Waals surface area contributed by atoms with E-state index in [-0.39, 0.29) is 47.3 Å². The van der Waals surface area contributed by atoms with Gasteiger partial charge in [0, 0.05) is 43.1 Å². The van der Waals surface area contributed by atoms with Crippen molar-refractivity contribution in [2.45, 2.75) is 39.0 Å². The first-order chi connectivity index (χ1) is 21.3. The summed E-state index contributed by atoms with van der Waals surface area (Å²) in [4.78, 5) is 33.9. The van der Waals surface area contributed by atoms with Crippen molar-refractivity contribution in [1.29, 1.82) is 10.5 Å². The van der Waals surface area contributed by atoms with E-state index >= 15 is 0 Å². The number of piperazine rings is 1. The highest BCUT2D eigenvalue weighted by Gasteiger charge is 2.33. The third-order valence-corrected chi connectivity index (χ3v) is 7.86. The van der Waals surface area contributed by atoms with E-state index in [0.29, 0.717) is 23.5 Å². The van der Waals surface area contributed by atoms with Gasteiger partial charge in [0.25, 0.3) is 5.56 Å². The second-order valence-electron chi connectivity index (χ2n) is 10.9. The number of aromatic nitrogens is 2. The van der Waals surface area contributed by atoms with Crippen molar-refractivity contribution in [2.75, 3.05) is 34.8 Å². The van der Waals surface area contributed by atoms with Crippen molar-refractivity contribution in [1.82, 2.24) is 9.38 Å². The number of rotatable bonds is 6. The second kappa shape index (κ2) is 11.8. The lowest BCUT2D eigenvalue weighted by atomic mass is 10.0. The van der Waals surface area contributed by atoms with Crippen molar-refractivity contribution in [3.63, 3.8) is 0 Å². The largest absolute Gasteiger partial charge is 0.478 e. The Hall–Kier alpha value is -5.56. The van der Waals surface area contributed by atoms with Crippen LogP contribution in [-0.4, -0.2) is 46.1 Å². The second-order valence-corrected chi connectivity index (χ2v) is 10.9. The normalized spacial score (nSPS) is 15.8. The highest BCUT2D eigenvalue weighted by molar-refractivity contribution is 5.94. The van der Waals surface area contributed by atoms with Gasteiger partial charge in [-0.2, -0.15) is 23.7 Å². The third-order valence-electron chi connectivity index (χ3n) is 7.86. The molecule has 2 aromatic carbocycles. The van der Waals surface area contributed by atoms with E-state index in [4.69, 9.17) is 4.98 Å². The van der Waals surface area contributed by atoms with Gasteiger partial charge in [-0.3, -0.25) is 9.20 Å². The first kappa shape index (κ1) is 30.9. The van der Waals surface area contributed by atoms with Gasteiger partial charge in [-0.1, -0.05) is 12.1 Å². The molecule has 0 radical (unpaired) electrons. The van der Waals surface area contributed by atoms with E-state index < -0.39 is 29.3 Å². The molecule has 1 unspecified atom stereocenters. The Morgan fingerprint density at radius 3 is 2.51 bits per heavy atom. The number of carboxylic acid groups (broad SMARTS) is 1. The minimum absolute atomic E-state index is 0.0817. The highest BCUT2D eigenvalue weighted by atomic mass is 19.4. The first-order valence-corrected chi connectivity index (χ1v) is 14.0. The van der Waals surface area contributed by atoms with Crippen molar-refractivity contribution in [3.8, 4) is 12.1 Å². The molecule has 2 aromatic heterocycles. The number of alkyl halides is 3. The Bertz CT molecular complexity index is 1960. The smallest absolute Gasteiger partial charge is 0.416 e. The fourth-order valence-electron chi connectivity index (χ4n) is 5.70. The zero-order valence-electron chi connectivity index (χ0n) is 24.6. The SMILES string of the molecule is Cc1cc([C@@H](C)Nc2ccccc2C(=O)O)c2nc(N3CCN(c4ccc(C(F)(F)F)cc4C#N)CC3C)c(C#N)c(=O)n2c1. The van der Waals surface area contributed by atoms with E-state index in [0.717, 1.165) is 17.7 Å². The summed E-state index contributed by atoms with van der Waals surface area (Å²) in [5, 5.41) is 32.5. The topological polar surface area (TPSA) is 138 Å². The molecule has 1 fully saturated rings. The summed E-state index contributed by atoms with van der Waals surface area (Å²) in [6.45, 7) is 6.31. The van der Waals surface area contributed by atoms with Crippen molar-refractivity contribution >= 4 is 28.8 Å². The molecule has 1 aliphatic heterocycles. The summed E-state index contributed by atoms with van der Waals surface area (Å²) >= 11 is 0. The molecule has 230 valence electrons. The average molecular weight is 616 g/mol. The molecule has 1 aliphatic rings. The molecule has 45 heavy (non-hydrogen) atoms. The number of hydrogen-bond donors (Lipinski definition) is 2. The standard InChI is InChI=1S/C32H28F3N7O3/c1-18-12-24(20(3)38-26-7-5-4-6-23(26)31(44)45)28-39-29(25(15-37)30(43)42(28)16-18)41-11-10-40(17-19(41)2)27-9-8-22(32(33,34)35)13-21(27)14-36/h4-9,12-13,16,19-20,38H,10-11,17H2,1-3H3,(H,44,45)/t19?,20-/m1/s1. The molecule has 10 nitrogen and oxygen atoms in total. The number of para-hydroxylation sites is 1. The van der Waals surface area contributed by atoms with Crippen LogP contribution >= 0.6 is 0 Å². The number of benzene rings is 2. The molecule has 2 atom stereocenters. The molecular formula is C32H28F3N7O3. The van der Waals surface area contributed by atoms with Crippen LogP contribution in [0, 0.1) is 29.6 Å². The van der Waals surface area contributed by atoms with Crippen LogP contribution in [0.4, 0.5) is 30.4 Å². The molecule has 2 N–H and O–H groups in total. The van der Waals surface area contributed by atoms with Gasteiger partial charge >= 0.3 is 12.1 Å². The zero-order valence-corrected chi connectivity index (χ0v) is 24.6. The van der Waals surface area contributed by atoms with Gasteiger partial charge in [-0.15, -0.1) is 0 Å². The molecule has 5 rings (SSSR count). The number of nitrogens with one attached hydrogen (secondary N) is 1. The predicted molar refractivity (Wildman–Crippen MR) is 162 cm³/mol. The fraction of sp³-hybridized carbons (Fsp3) is 0.281. The lowest BCUT2D eigenvalue weighted by molar-refractivity contribution is -0.137. The predicted octanol–water partition coefficient (Wildman–Crippen LogP) is 5.35. The maximum absolute atomic E-state index is 13.7. The zero-order chi connectivity index (χ0) is 32.6. The Morgan fingerprint density at radius 2 is 1.87 bits per heavy atom. The Labute approximate surface area is 256 Å². The summed E-state index contributed by atoms with van der Waals surface area (Å²) in [7, 11) is 0. The Morgan fingerprint density at radius 1 is 1.13 bits per heavy atom. The highest BCUT2D eigenvalue weighted by Crippen LogP contribution is 2.34. The molecule has 4 aromatic rings. The minimum atomic E-state index is -4.58. The van der Waals surface area contributed by atoms with Crippen molar-refractivity contribution < 1.29 is 23.1 Å². The maximum Gasteiger partial charge on any atom is 0.416 e. The van der Waals surface area contributed by atoms with Crippen molar-refractivity contribution in [2.24, 2.45) is 0 Å². The number of anilines is 3. The van der Waals surface area contributed by atoms with Gasteiger partial charge in [0.15, 0.2) is 11.4 Å². The maximum atomic E-state index is 13.7. The van der Waals surface area contributed by atoms with Crippen LogP contribution < -0.4 is 20.7 Å². The van der Waals surface area contributed by atoms with Crippen LogP contribution in [0.3, 0.4) is 0 Å². The molecule has 13 heteroatoms. The number of hydrogen-bond acceptors (Lipinski definition) is 8. The van der Waals surface area contributed by atoms with Crippen LogP contribution in [0.1, 0.15) is 58.1 Å². The van der Waals surface area contributed by atoms with E-state index in [1.165, 1.54) is 16.5 Å². The number of halogens is 3. The van der Waals surface area contributed by atoms with E-state index in [2.05, 4.69) is 5.32 Å². The molecule has 3 heterocycles. The number of nitriles is 2. The number of carboxylic acids is 1. The Kier molecular flexibility index (Phi) is 8.13. The number of carbonyl (C=O) groups is 1. The summed E-state index contributed by atoms with van der Waals surface area (Å²) in [5.41, 5.74) is 0.721. The van der Waals surface area contributed by atoms with Crippen LogP contribution in [0.2, 0.25) is 0 Å². The van der Waals surface area contributed by atoms with Crippen LogP contribution in [-0.2, 0) is 6.18 Å². The van der Waals surface area contributed by atoms with Gasteiger partial charge < -0.3 is 20.2 Å². The van der Waals surface area contributed by atoms with Crippen LogP contribution in [0.15, 0.2) is 59.5 Å². The summed E-state index contributed by atoms with van der Waals surface area (Å²) in [5.74, 6) is -0.924. The average Bonchev–Trinajstić information content (AvgIpc) is 3.00. The summed E-state index contributed by atoms with van der Waals surface area (Å²) in [6, 6.07) is 14.4. The quantitative estimate of drug-likeness (QED) is 0.294. The minimum Gasteiger partial charge on any atom is -0.478 e. The van der Waals surface area contributed by atoms with Gasteiger partial charge in [0.2, 0.25) is 0 Å². The molecular weight excluding hydrogens is 587 g/mol. The number of aromatic carboxylic acids is 1. The molecule has 0 spiro atoms. The van der Waals surface area contributed by atoms with Crippen LogP contribution in [0.5, 0.6) is 0 Å². The summed E-state index contributed by atoms with van der Waals surface area (Å²) < 4.78 is 41.0. The van der Waals surface area contributed by atoms with Crippen molar-refractivity contribution in [3.05, 3.63) is 98.5 Å². The number of aryl methyl sites for hydroxylation is 1. The number of fused-ring (bicyclic) bond motifs is 1. The van der Waals surface area contributed by atoms with Gasteiger partial charge in [0.05, 0.1) is 28.4 Å². The van der Waals surface area contributed by atoms with Gasteiger partial charge in [0.1, 0.15) is 17.8 Å². The molecule has 0 aliphatic carbocycles. The van der Waals surface area contributed by atoms with E-state index in [1.54, 1.807) is 36.2 Å². The van der Waals surface area contributed by atoms with Gasteiger partial charge in [-0.05, 0) is 62.7 Å². The third kappa shape index (κ3) is 5.85. The van der Waals surface area contributed by atoms with E-state index in [1.807, 2.05) is 37.0 Å². The summed E-state index contributed by atoms with van der Waals surface area (Å²) in [6.07, 6.45) is -2.99. The molecule has 0 saturated carbocycles. The molecule has 0 bridgehead atoms. The molecule has 0 amide bonds. The Balaban J connectivity index is 1.53. The lowest BCUT2D eigenvalue weighted by Gasteiger charge is -2.42.